The van der Waals surface area contributed by atoms with Gasteiger partial charge in [0, 0.05) is 11.4 Å². The third kappa shape index (κ3) is 3.73. The number of ether oxygens (including phenoxy) is 1. The number of carbonyl (C=O) groups is 1. The van der Waals surface area contributed by atoms with Crippen LogP contribution in [0.2, 0.25) is 0 Å². The van der Waals surface area contributed by atoms with Gasteiger partial charge in [-0.1, -0.05) is 31.7 Å². The van der Waals surface area contributed by atoms with Crippen LogP contribution >= 0.6 is 0 Å². The maximum atomic E-state index is 13.5. The Labute approximate surface area is 186 Å². The number of aromatic carboxylic acids is 1. The summed E-state index contributed by atoms with van der Waals surface area (Å²) in [7, 11) is 0. The van der Waals surface area contributed by atoms with E-state index in [1.807, 2.05) is 30.5 Å². The molecule has 1 heterocycles. The molecule has 0 radical (unpaired) electrons. The first kappa shape index (κ1) is 21.6. The van der Waals surface area contributed by atoms with Crippen molar-refractivity contribution in [1.29, 1.82) is 0 Å². The van der Waals surface area contributed by atoms with Crippen LogP contribution in [0, 0.1) is 6.92 Å². The Morgan fingerprint density at radius 1 is 1.22 bits per heavy atom. The van der Waals surface area contributed by atoms with Crippen molar-refractivity contribution in [3.8, 4) is 16.9 Å². The normalized spacial score (nSPS) is 13.2. The molecule has 3 aromatic rings. The molecule has 1 aliphatic carbocycles. The molecule has 32 heavy (non-hydrogen) atoms. The Kier molecular flexibility index (Phi) is 5.70. The lowest BCUT2D eigenvalue weighted by molar-refractivity contribution is 0.0697. The minimum absolute atomic E-state index is 0.0293. The van der Waals surface area contributed by atoms with Gasteiger partial charge in [0.1, 0.15) is 11.5 Å². The minimum atomic E-state index is -0.961. The highest BCUT2D eigenvalue weighted by molar-refractivity contribution is 5.95. The van der Waals surface area contributed by atoms with Crippen LogP contribution in [0.5, 0.6) is 5.75 Å². The standard InChI is InChI=1S/C26H26N2O4/c1-5-20-24(32-15(2)14-27-4)22-13-12-21(17-6-8-18(9-7-17)26(30)31)16(3)23(22)28(25(20)29)19-10-11-19/h6-9,12-13,19H,2,4-5,10-11,14H2,1,3H3,(H,30,31). The van der Waals surface area contributed by atoms with E-state index in [0.717, 1.165) is 40.4 Å². The van der Waals surface area contributed by atoms with Crippen molar-refractivity contribution >= 4 is 23.6 Å². The van der Waals surface area contributed by atoms with Gasteiger partial charge in [0.2, 0.25) is 0 Å². The fourth-order valence-electron chi connectivity index (χ4n) is 4.22. The summed E-state index contributed by atoms with van der Waals surface area (Å²) in [5, 5.41) is 10.1. The van der Waals surface area contributed by atoms with E-state index in [1.54, 1.807) is 24.3 Å². The van der Waals surface area contributed by atoms with Gasteiger partial charge >= 0.3 is 5.97 Å². The number of benzene rings is 2. The van der Waals surface area contributed by atoms with Gasteiger partial charge in [-0.25, -0.2) is 4.79 Å². The van der Waals surface area contributed by atoms with Crippen LogP contribution in [0.25, 0.3) is 22.0 Å². The van der Waals surface area contributed by atoms with Crippen molar-refractivity contribution in [3.05, 3.63) is 75.8 Å². The Morgan fingerprint density at radius 3 is 2.47 bits per heavy atom. The summed E-state index contributed by atoms with van der Waals surface area (Å²) in [5.41, 5.74) is 4.49. The number of carboxylic acids is 1. The molecule has 0 aliphatic heterocycles. The average molecular weight is 431 g/mol. The van der Waals surface area contributed by atoms with Crippen molar-refractivity contribution < 1.29 is 14.6 Å². The van der Waals surface area contributed by atoms with E-state index < -0.39 is 5.97 Å². The highest BCUT2D eigenvalue weighted by Crippen LogP contribution is 2.42. The van der Waals surface area contributed by atoms with Crippen LogP contribution in [0.1, 0.15) is 47.3 Å². The molecule has 1 saturated carbocycles. The maximum absolute atomic E-state index is 13.5. The number of aromatic nitrogens is 1. The van der Waals surface area contributed by atoms with Crippen molar-refractivity contribution in [2.75, 3.05) is 6.54 Å². The lowest BCUT2D eigenvalue weighted by atomic mass is 9.95. The molecule has 1 fully saturated rings. The van der Waals surface area contributed by atoms with Crippen molar-refractivity contribution in [2.24, 2.45) is 4.99 Å². The number of pyridine rings is 1. The molecule has 4 rings (SSSR count). The first-order valence-corrected chi connectivity index (χ1v) is 10.7. The molecule has 0 atom stereocenters. The van der Waals surface area contributed by atoms with E-state index in [4.69, 9.17) is 4.74 Å². The molecule has 6 nitrogen and oxygen atoms in total. The van der Waals surface area contributed by atoms with Crippen molar-refractivity contribution in [3.63, 3.8) is 0 Å². The molecular weight excluding hydrogens is 404 g/mol. The first-order chi connectivity index (χ1) is 15.4. The molecule has 0 unspecified atom stereocenters. The van der Waals surface area contributed by atoms with Crippen molar-refractivity contribution in [1.82, 2.24) is 4.57 Å². The summed E-state index contributed by atoms with van der Waals surface area (Å²) in [5.74, 6) is 0.0111. The fraction of sp³-hybridized carbons (Fsp3) is 0.269. The molecule has 0 saturated heterocycles. The Morgan fingerprint density at radius 2 is 1.91 bits per heavy atom. The summed E-state index contributed by atoms with van der Waals surface area (Å²) in [6, 6.07) is 10.9. The second-order valence-corrected chi connectivity index (χ2v) is 8.11. The third-order valence-electron chi connectivity index (χ3n) is 5.91. The molecule has 2 aromatic carbocycles. The number of aryl methyl sites for hydroxylation is 1. The summed E-state index contributed by atoms with van der Waals surface area (Å²) in [4.78, 5) is 28.6. The zero-order valence-electron chi connectivity index (χ0n) is 18.4. The minimum Gasteiger partial charge on any atom is -0.478 e. The molecule has 0 spiro atoms. The number of hydrogen-bond acceptors (Lipinski definition) is 4. The quantitative estimate of drug-likeness (QED) is 0.395. The zero-order chi connectivity index (χ0) is 23.0. The number of hydrogen-bond donors (Lipinski definition) is 1. The molecule has 0 bridgehead atoms. The first-order valence-electron chi connectivity index (χ1n) is 10.7. The van der Waals surface area contributed by atoms with Crippen LogP contribution < -0.4 is 10.3 Å². The largest absolute Gasteiger partial charge is 0.478 e. The molecule has 6 heteroatoms. The fourth-order valence-corrected chi connectivity index (χ4v) is 4.22. The summed E-state index contributed by atoms with van der Waals surface area (Å²) in [6.45, 7) is 11.6. The van der Waals surface area contributed by atoms with Gasteiger partial charge in [-0.05, 0) is 67.8 Å². The van der Waals surface area contributed by atoms with E-state index in [1.165, 1.54) is 0 Å². The van der Waals surface area contributed by atoms with Gasteiger partial charge in [0.25, 0.3) is 5.56 Å². The Hall–Kier alpha value is -3.67. The van der Waals surface area contributed by atoms with E-state index in [9.17, 15) is 14.7 Å². The number of rotatable bonds is 8. The summed E-state index contributed by atoms with van der Waals surface area (Å²) >= 11 is 0. The molecular formula is C26H26N2O4. The number of fused-ring (bicyclic) bond motifs is 1. The molecule has 0 amide bonds. The molecule has 1 aromatic heterocycles. The summed E-state index contributed by atoms with van der Waals surface area (Å²) < 4.78 is 7.98. The Bertz CT molecular complexity index is 1300. The molecule has 1 N–H and O–H groups in total. The Balaban J connectivity index is 1.98. The number of aliphatic imine (C=N–C) groups is 1. The van der Waals surface area contributed by atoms with Gasteiger partial charge in [0.05, 0.1) is 23.2 Å². The predicted octanol–water partition coefficient (Wildman–Crippen LogP) is 5.17. The van der Waals surface area contributed by atoms with Gasteiger partial charge in [-0.15, -0.1) is 0 Å². The third-order valence-corrected chi connectivity index (χ3v) is 5.91. The van der Waals surface area contributed by atoms with Crippen LogP contribution in [-0.4, -0.2) is 28.9 Å². The van der Waals surface area contributed by atoms with Crippen LogP contribution in [-0.2, 0) is 6.42 Å². The van der Waals surface area contributed by atoms with Gasteiger partial charge in [-0.2, -0.15) is 0 Å². The van der Waals surface area contributed by atoms with Crippen LogP contribution in [0.3, 0.4) is 0 Å². The number of carboxylic acid groups (broad SMARTS) is 1. The van der Waals surface area contributed by atoms with Crippen LogP contribution in [0.4, 0.5) is 0 Å². The van der Waals surface area contributed by atoms with Gasteiger partial charge in [-0.3, -0.25) is 9.79 Å². The number of nitrogens with zero attached hydrogens (tertiary/aromatic N) is 2. The van der Waals surface area contributed by atoms with Gasteiger partial charge < -0.3 is 14.4 Å². The van der Waals surface area contributed by atoms with Crippen LogP contribution in [0.15, 0.2) is 58.5 Å². The topological polar surface area (TPSA) is 80.9 Å². The SMILES string of the molecule is C=NCC(=C)Oc1c(CC)c(=O)n(C2CC2)c2c(C)c(-c3ccc(C(=O)O)cc3)ccc12. The highest BCUT2D eigenvalue weighted by Gasteiger charge is 2.30. The monoisotopic (exact) mass is 430 g/mol. The highest BCUT2D eigenvalue weighted by atomic mass is 16.5. The van der Waals surface area contributed by atoms with E-state index in [-0.39, 0.29) is 23.7 Å². The predicted molar refractivity (Wildman–Crippen MR) is 127 cm³/mol. The zero-order valence-corrected chi connectivity index (χ0v) is 18.4. The van der Waals surface area contributed by atoms with Gasteiger partial charge in [0.15, 0.2) is 0 Å². The average Bonchev–Trinajstić information content (AvgIpc) is 3.60. The van der Waals surface area contributed by atoms with E-state index >= 15 is 0 Å². The lowest BCUT2D eigenvalue weighted by Gasteiger charge is -2.21. The van der Waals surface area contributed by atoms with E-state index in [0.29, 0.717) is 23.5 Å². The van der Waals surface area contributed by atoms with Crippen molar-refractivity contribution in [2.45, 2.75) is 39.2 Å². The second-order valence-electron chi connectivity index (χ2n) is 8.11. The maximum Gasteiger partial charge on any atom is 0.335 e. The molecule has 164 valence electrons. The summed E-state index contributed by atoms with van der Waals surface area (Å²) in [6.07, 6.45) is 2.49. The smallest absolute Gasteiger partial charge is 0.335 e. The second kappa shape index (κ2) is 8.46. The van der Waals surface area contributed by atoms with E-state index in [2.05, 4.69) is 18.3 Å². The molecule has 1 aliphatic rings. The lowest BCUT2D eigenvalue weighted by Crippen LogP contribution is -2.25.